The Morgan fingerprint density at radius 3 is 2.73 bits per heavy atom. The molecule has 5 rings (SSSR count). The van der Waals surface area contributed by atoms with E-state index in [9.17, 15) is 13.7 Å². The summed E-state index contributed by atoms with van der Waals surface area (Å²) in [7, 11) is -3.50. The summed E-state index contributed by atoms with van der Waals surface area (Å²) in [6, 6.07) is 15.1. The van der Waals surface area contributed by atoms with Gasteiger partial charge in [0.15, 0.2) is 5.16 Å². The van der Waals surface area contributed by atoms with E-state index < -0.39 is 10.0 Å². The van der Waals surface area contributed by atoms with E-state index in [0.29, 0.717) is 41.4 Å². The number of aromatic nitrogens is 2. The van der Waals surface area contributed by atoms with Crippen LogP contribution in [0.2, 0.25) is 0 Å². The monoisotopic (exact) mass is 482 g/mol. The van der Waals surface area contributed by atoms with Crippen molar-refractivity contribution in [3.8, 4) is 6.07 Å². The van der Waals surface area contributed by atoms with Gasteiger partial charge in [-0.15, -0.1) is 0 Å². The number of fused-ring (bicyclic) bond motifs is 1. The number of benzene rings is 2. The van der Waals surface area contributed by atoms with Crippen molar-refractivity contribution in [2.75, 3.05) is 19.7 Å². The normalized spacial score (nSPS) is 19.3. The Hall–Kier alpha value is -2.38. The van der Waals surface area contributed by atoms with Gasteiger partial charge >= 0.3 is 0 Å². The van der Waals surface area contributed by atoms with E-state index in [1.165, 1.54) is 0 Å². The lowest BCUT2D eigenvalue weighted by Gasteiger charge is -2.16. The molecule has 2 saturated heterocycles. The van der Waals surface area contributed by atoms with Gasteiger partial charge in [0.05, 0.1) is 40.2 Å². The van der Waals surface area contributed by atoms with Crippen LogP contribution < -0.4 is 0 Å². The van der Waals surface area contributed by atoms with Gasteiger partial charge in [-0.1, -0.05) is 30.0 Å². The molecule has 3 aromatic rings. The zero-order valence-electron chi connectivity index (χ0n) is 18.3. The number of nitrogens with zero attached hydrogens (tertiary/aromatic N) is 4. The molecule has 9 heteroatoms. The molecule has 2 aromatic carbocycles. The zero-order chi connectivity index (χ0) is 22.8. The highest BCUT2D eigenvalue weighted by molar-refractivity contribution is 7.98. The predicted octanol–water partition coefficient (Wildman–Crippen LogP) is 4.16. The quantitative estimate of drug-likeness (QED) is 0.470. The summed E-state index contributed by atoms with van der Waals surface area (Å²) < 4.78 is 35.7. The number of imidazole rings is 1. The van der Waals surface area contributed by atoms with Crippen molar-refractivity contribution in [3.05, 3.63) is 53.6 Å². The molecule has 0 amide bonds. The van der Waals surface area contributed by atoms with Gasteiger partial charge < -0.3 is 9.30 Å². The zero-order valence-corrected chi connectivity index (χ0v) is 19.9. The third-order valence-corrected chi connectivity index (χ3v) is 9.21. The third-order valence-electron chi connectivity index (χ3n) is 6.29. The summed E-state index contributed by atoms with van der Waals surface area (Å²) in [5, 5.41) is 10.2. The highest BCUT2D eigenvalue weighted by atomic mass is 32.2. The van der Waals surface area contributed by atoms with Gasteiger partial charge in [0.2, 0.25) is 10.0 Å². The molecule has 7 nitrogen and oxygen atoms in total. The van der Waals surface area contributed by atoms with Crippen molar-refractivity contribution in [2.45, 2.75) is 54.1 Å². The lowest BCUT2D eigenvalue weighted by Crippen LogP contribution is -2.27. The molecule has 0 N–H and O–H groups in total. The maximum Gasteiger partial charge on any atom is 0.243 e. The van der Waals surface area contributed by atoms with Crippen molar-refractivity contribution in [2.24, 2.45) is 0 Å². The summed E-state index contributed by atoms with van der Waals surface area (Å²) in [6.45, 7) is 2.60. The van der Waals surface area contributed by atoms with Crippen LogP contribution in [0.3, 0.4) is 0 Å². The molecule has 172 valence electrons. The molecule has 0 saturated carbocycles. The van der Waals surface area contributed by atoms with Crippen LogP contribution in [0, 0.1) is 11.3 Å². The number of sulfonamides is 1. The molecule has 2 aliphatic rings. The van der Waals surface area contributed by atoms with Gasteiger partial charge in [-0.05, 0) is 55.5 Å². The molecule has 1 atom stereocenters. The Bertz CT molecular complexity index is 1300. The fraction of sp³-hybridized carbons (Fsp3) is 0.417. The maximum absolute atomic E-state index is 13.1. The van der Waals surface area contributed by atoms with Crippen LogP contribution in [-0.2, 0) is 27.1 Å². The van der Waals surface area contributed by atoms with Crippen LogP contribution in [0.5, 0.6) is 0 Å². The molecule has 33 heavy (non-hydrogen) atoms. The Labute approximate surface area is 198 Å². The minimum atomic E-state index is -3.50. The average Bonchev–Trinajstić information content (AvgIpc) is 3.60. The Morgan fingerprint density at radius 2 is 1.97 bits per heavy atom. The first-order valence-corrected chi connectivity index (χ1v) is 13.7. The van der Waals surface area contributed by atoms with Crippen molar-refractivity contribution in [1.29, 1.82) is 5.26 Å². The van der Waals surface area contributed by atoms with Gasteiger partial charge in [-0.3, -0.25) is 0 Å². The van der Waals surface area contributed by atoms with E-state index in [-0.39, 0.29) is 6.10 Å². The average molecular weight is 483 g/mol. The van der Waals surface area contributed by atoms with Crippen LogP contribution >= 0.6 is 11.8 Å². The summed E-state index contributed by atoms with van der Waals surface area (Å²) in [5.41, 5.74) is 3.19. The number of hydrogen-bond donors (Lipinski definition) is 0. The number of hydrogen-bond acceptors (Lipinski definition) is 6. The molecule has 0 spiro atoms. The number of thioether (sulfide) groups is 1. The SMILES string of the molecule is N#Cc1ccccc1CSc1nc2cc(S(=O)(=O)N3CCCC3)ccc2n1CC1CCCO1. The summed E-state index contributed by atoms with van der Waals surface area (Å²) >= 11 is 1.56. The summed E-state index contributed by atoms with van der Waals surface area (Å²) in [5.74, 6) is 0.609. The molecule has 1 unspecified atom stereocenters. The minimum Gasteiger partial charge on any atom is -0.376 e. The van der Waals surface area contributed by atoms with Crippen LogP contribution in [-0.4, -0.2) is 48.1 Å². The lowest BCUT2D eigenvalue weighted by molar-refractivity contribution is 0.0960. The molecule has 0 radical (unpaired) electrons. The first-order valence-electron chi connectivity index (χ1n) is 11.3. The van der Waals surface area contributed by atoms with Crippen LogP contribution in [0.1, 0.15) is 36.8 Å². The molecule has 1 aromatic heterocycles. The van der Waals surface area contributed by atoms with E-state index in [0.717, 1.165) is 48.5 Å². The lowest BCUT2D eigenvalue weighted by atomic mass is 10.1. The molecular formula is C24H26N4O3S2. The summed E-state index contributed by atoms with van der Waals surface area (Å²) in [4.78, 5) is 5.13. The van der Waals surface area contributed by atoms with Crippen LogP contribution in [0.15, 0.2) is 52.5 Å². The number of nitriles is 1. The van der Waals surface area contributed by atoms with E-state index in [4.69, 9.17) is 9.72 Å². The summed E-state index contributed by atoms with van der Waals surface area (Å²) in [6.07, 6.45) is 3.99. The van der Waals surface area contributed by atoms with Crippen LogP contribution in [0.25, 0.3) is 11.0 Å². The highest BCUT2D eigenvalue weighted by Gasteiger charge is 2.28. The van der Waals surface area contributed by atoms with Gasteiger partial charge in [0.1, 0.15) is 0 Å². The fourth-order valence-electron chi connectivity index (χ4n) is 4.50. The molecule has 0 bridgehead atoms. The van der Waals surface area contributed by atoms with Crippen molar-refractivity contribution < 1.29 is 13.2 Å². The second kappa shape index (κ2) is 9.47. The van der Waals surface area contributed by atoms with Crippen molar-refractivity contribution in [3.63, 3.8) is 0 Å². The topological polar surface area (TPSA) is 88.2 Å². The first-order chi connectivity index (χ1) is 16.1. The van der Waals surface area contributed by atoms with E-state index in [1.54, 1.807) is 28.2 Å². The number of ether oxygens (including phenoxy) is 1. The Balaban J connectivity index is 1.50. The molecule has 3 heterocycles. The van der Waals surface area contributed by atoms with Crippen molar-refractivity contribution >= 4 is 32.8 Å². The smallest absolute Gasteiger partial charge is 0.243 e. The Morgan fingerprint density at radius 1 is 1.15 bits per heavy atom. The maximum atomic E-state index is 13.1. The molecule has 2 aliphatic heterocycles. The Kier molecular flexibility index (Phi) is 6.43. The van der Waals surface area contributed by atoms with Crippen molar-refractivity contribution in [1.82, 2.24) is 13.9 Å². The molecule has 2 fully saturated rings. The molecular weight excluding hydrogens is 456 g/mol. The van der Waals surface area contributed by atoms with Gasteiger partial charge in [-0.25, -0.2) is 13.4 Å². The highest BCUT2D eigenvalue weighted by Crippen LogP contribution is 2.31. The predicted molar refractivity (Wildman–Crippen MR) is 127 cm³/mol. The second-order valence-electron chi connectivity index (χ2n) is 8.46. The standard InChI is InChI=1S/C24H26N4O3S2/c25-15-18-6-1-2-7-19(18)17-32-24-26-22-14-21(33(29,30)27-11-3-4-12-27)9-10-23(22)28(24)16-20-8-5-13-31-20/h1-2,6-7,9-10,14,20H,3-5,8,11-13,16-17H2. The second-order valence-corrected chi connectivity index (χ2v) is 11.3. The van der Waals surface area contributed by atoms with Crippen LogP contribution in [0.4, 0.5) is 0 Å². The van der Waals surface area contributed by atoms with Gasteiger partial charge in [-0.2, -0.15) is 9.57 Å². The molecule has 0 aliphatic carbocycles. The van der Waals surface area contributed by atoms with E-state index in [2.05, 4.69) is 10.6 Å². The van der Waals surface area contributed by atoms with Gasteiger partial charge in [0, 0.05) is 25.4 Å². The first kappa shape index (κ1) is 22.4. The largest absolute Gasteiger partial charge is 0.376 e. The number of rotatable bonds is 7. The third kappa shape index (κ3) is 4.53. The van der Waals surface area contributed by atoms with E-state index >= 15 is 0 Å². The van der Waals surface area contributed by atoms with E-state index in [1.807, 2.05) is 30.3 Å². The minimum absolute atomic E-state index is 0.126. The fourth-order valence-corrected chi connectivity index (χ4v) is 7.07. The van der Waals surface area contributed by atoms with Gasteiger partial charge in [0.25, 0.3) is 0 Å².